The Labute approximate surface area is 120 Å². The van der Waals surface area contributed by atoms with E-state index >= 15 is 0 Å². The lowest BCUT2D eigenvalue weighted by atomic mass is 9.99. The highest BCUT2D eigenvalue weighted by atomic mass is 16.5. The minimum absolute atomic E-state index is 0.0147. The van der Waals surface area contributed by atoms with E-state index in [4.69, 9.17) is 4.74 Å². The molecule has 0 aromatic rings. The number of esters is 1. The van der Waals surface area contributed by atoms with E-state index < -0.39 is 0 Å². The summed E-state index contributed by atoms with van der Waals surface area (Å²) in [7, 11) is 0. The van der Waals surface area contributed by atoms with Gasteiger partial charge in [0, 0.05) is 25.1 Å². The predicted octanol–water partition coefficient (Wildman–Crippen LogP) is 2.06. The molecule has 0 aromatic carbocycles. The molecule has 20 heavy (non-hydrogen) atoms. The van der Waals surface area contributed by atoms with Crippen LogP contribution in [0, 0.1) is 5.41 Å². The topological polar surface area (TPSA) is 63.7 Å². The van der Waals surface area contributed by atoms with Crippen molar-refractivity contribution in [2.45, 2.75) is 46.5 Å². The number of rotatable bonds is 7. The van der Waals surface area contributed by atoms with Gasteiger partial charge in [0.25, 0.3) is 11.8 Å². The molecule has 0 saturated heterocycles. The summed E-state index contributed by atoms with van der Waals surface area (Å²) in [5, 5.41) is 0. The smallest absolute Gasteiger partial charge is 0.305 e. The third-order valence-electron chi connectivity index (χ3n) is 2.83. The second-order valence-corrected chi connectivity index (χ2v) is 6.19. The molecule has 0 radical (unpaired) electrons. The van der Waals surface area contributed by atoms with Crippen molar-refractivity contribution >= 4 is 17.8 Å². The van der Waals surface area contributed by atoms with Crippen LogP contribution >= 0.6 is 0 Å². The van der Waals surface area contributed by atoms with E-state index in [-0.39, 0.29) is 23.2 Å². The lowest BCUT2D eigenvalue weighted by Crippen LogP contribution is -2.30. The number of nitrogens with zero attached hydrogens (tertiary/aromatic N) is 1. The summed E-state index contributed by atoms with van der Waals surface area (Å²) in [6.45, 7) is 6.88. The van der Waals surface area contributed by atoms with Crippen LogP contribution in [0.3, 0.4) is 0 Å². The van der Waals surface area contributed by atoms with Crippen molar-refractivity contribution in [1.29, 1.82) is 0 Å². The molecule has 1 aliphatic heterocycles. The Morgan fingerprint density at radius 1 is 1.10 bits per heavy atom. The third-order valence-corrected chi connectivity index (χ3v) is 2.83. The number of ether oxygens (including phenoxy) is 1. The Hall–Kier alpha value is -1.65. The van der Waals surface area contributed by atoms with Gasteiger partial charge < -0.3 is 4.74 Å². The number of imide groups is 1. The van der Waals surface area contributed by atoms with Gasteiger partial charge >= 0.3 is 5.97 Å². The first kappa shape index (κ1) is 16.4. The van der Waals surface area contributed by atoms with Crippen LogP contribution in [0.5, 0.6) is 0 Å². The molecule has 1 aliphatic rings. The minimum Gasteiger partial charge on any atom is -0.465 e. The minimum atomic E-state index is -0.250. The number of amides is 2. The molecule has 1 rings (SSSR count). The zero-order valence-corrected chi connectivity index (χ0v) is 12.5. The van der Waals surface area contributed by atoms with Crippen LogP contribution in [0.2, 0.25) is 0 Å². The second kappa shape index (κ2) is 7.22. The van der Waals surface area contributed by atoms with Gasteiger partial charge in [-0.05, 0) is 18.3 Å². The van der Waals surface area contributed by atoms with Crippen LogP contribution in [0.15, 0.2) is 12.2 Å². The molecule has 112 valence electrons. The SMILES string of the molecule is CC(C)(C)COC(=O)CCCCCN1C(=O)C=CC1=O. The predicted molar refractivity (Wildman–Crippen MR) is 74.7 cm³/mol. The van der Waals surface area contributed by atoms with Gasteiger partial charge in [-0.2, -0.15) is 0 Å². The van der Waals surface area contributed by atoms with Crippen molar-refractivity contribution in [1.82, 2.24) is 4.90 Å². The molecule has 2 amide bonds. The fraction of sp³-hybridized carbons (Fsp3) is 0.667. The molecule has 0 aromatic heterocycles. The van der Waals surface area contributed by atoms with Gasteiger partial charge in [-0.15, -0.1) is 0 Å². The standard InChI is InChI=1S/C15H23NO4/c1-15(2,3)11-20-14(19)7-5-4-6-10-16-12(17)8-9-13(16)18/h8-9H,4-7,10-11H2,1-3H3. The first-order valence-corrected chi connectivity index (χ1v) is 6.99. The van der Waals surface area contributed by atoms with Crippen LogP contribution in [0.25, 0.3) is 0 Å². The van der Waals surface area contributed by atoms with E-state index in [0.29, 0.717) is 32.4 Å². The molecule has 0 aliphatic carbocycles. The summed E-state index contributed by atoms with van der Waals surface area (Å²) in [5.41, 5.74) is -0.0147. The van der Waals surface area contributed by atoms with Crippen molar-refractivity contribution in [3.8, 4) is 0 Å². The molecule has 5 nitrogen and oxygen atoms in total. The molecule has 0 fully saturated rings. The van der Waals surface area contributed by atoms with E-state index in [9.17, 15) is 14.4 Å². The van der Waals surface area contributed by atoms with Gasteiger partial charge in [0.15, 0.2) is 0 Å². The average Bonchev–Trinajstić information content (AvgIpc) is 2.66. The van der Waals surface area contributed by atoms with E-state index in [1.165, 1.54) is 17.1 Å². The first-order valence-electron chi connectivity index (χ1n) is 6.99. The maximum absolute atomic E-state index is 11.5. The van der Waals surface area contributed by atoms with Crippen molar-refractivity contribution in [2.75, 3.05) is 13.2 Å². The highest BCUT2D eigenvalue weighted by Crippen LogP contribution is 2.14. The molecule has 0 bridgehead atoms. The lowest BCUT2D eigenvalue weighted by molar-refractivity contribution is -0.146. The van der Waals surface area contributed by atoms with E-state index in [1.54, 1.807) is 0 Å². The maximum atomic E-state index is 11.5. The van der Waals surface area contributed by atoms with E-state index in [0.717, 1.165) is 6.42 Å². The molecular formula is C15H23NO4. The summed E-state index contributed by atoms with van der Waals surface area (Å²) >= 11 is 0. The normalized spacial score (nSPS) is 15.1. The van der Waals surface area contributed by atoms with Crippen molar-refractivity contribution in [3.05, 3.63) is 12.2 Å². The molecule has 5 heteroatoms. The fourth-order valence-corrected chi connectivity index (χ4v) is 1.74. The van der Waals surface area contributed by atoms with Crippen molar-refractivity contribution in [2.24, 2.45) is 5.41 Å². The van der Waals surface area contributed by atoms with Gasteiger partial charge in [0.05, 0.1) is 6.61 Å². The van der Waals surface area contributed by atoms with E-state index in [2.05, 4.69) is 0 Å². The van der Waals surface area contributed by atoms with E-state index in [1.807, 2.05) is 20.8 Å². The van der Waals surface area contributed by atoms with Crippen LogP contribution < -0.4 is 0 Å². The van der Waals surface area contributed by atoms with Crippen molar-refractivity contribution < 1.29 is 19.1 Å². The highest BCUT2D eigenvalue weighted by Gasteiger charge is 2.22. The van der Waals surface area contributed by atoms with Crippen LogP contribution in [0.4, 0.5) is 0 Å². The van der Waals surface area contributed by atoms with Gasteiger partial charge in [0.1, 0.15) is 0 Å². The number of hydrogen-bond acceptors (Lipinski definition) is 4. The first-order chi connectivity index (χ1) is 9.29. The summed E-state index contributed by atoms with van der Waals surface area (Å²) < 4.78 is 5.15. The van der Waals surface area contributed by atoms with Crippen LogP contribution in [-0.2, 0) is 19.1 Å². The number of hydrogen-bond donors (Lipinski definition) is 0. The molecule has 0 spiro atoms. The maximum Gasteiger partial charge on any atom is 0.305 e. The zero-order chi connectivity index (χ0) is 15.2. The number of unbranched alkanes of at least 4 members (excludes halogenated alkanes) is 2. The molecule has 0 atom stereocenters. The highest BCUT2D eigenvalue weighted by molar-refractivity contribution is 6.12. The third kappa shape index (κ3) is 5.99. The Morgan fingerprint density at radius 3 is 2.25 bits per heavy atom. The molecular weight excluding hydrogens is 258 g/mol. The fourth-order valence-electron chi connectivity index (χ4n) is 1.74. The lowest BCUT2D eigenvalue weighted by Gasteiger charge is -2.17. The number of carbonyl (C=O) groups is 3. The van der Waals surface area contributed by atoms with Gasteiger partial charge in [-0.25, -0.2) is 0 Å². The zero-order valence-electron chi connectivity index (χ0n) is 12.5. The van der Waals surface area contributed by atoms with Gasteiger partial charge in [0.2, 0.25) is 0 Å². The Kier molecular flexibility index (Phi) is 5.92. The monoisotopic (exact) mass is 281 g/mol. The average molecular weight is 281 g/mol. The second-order valence-electron chi connectivity index (χ2n) is 6.19. The molecule has 0 N–H and O–H groups in total. The quantitative estimate of drug-likeness (QED) is 0.407. The molecule has 0 saturated carbocycles. The Balaban J connectivity index is 2.06. The van der Waals surface area contributed by atoms with Crippen molar-refractivity contribution in [3.63, 3.8) is 0 Å². The Bertz CT molecular complexity index is 389. The summed E-state index contributed by atoms with van der Waals surface area (Å²) in [6.07, 6.45) is 5.18. The Morgan fingerprint density at radius 2 is 1.70 bits per heavy atom. The van der Waals surface area contributed by atoms with Crippen LogP contribution in [-0.4, -0.2) is 35.8 Å². The van der Waals surface area contributed by atoms with Crippen LogP contribution in [0.1, 0.15) is 46.5 Å². The molecule has 1 heterocycles. The van der Waals surface area contributed by atoms with Gasteiger partial charge in [-0.3, -0.25) is 19.3 Å². The van der Waals surface area contributed by atoms with Gasteiger partial charge in [-0.1, -0.05) is 27.2 Å². The number of carbonyl (C=O) groups excluding carboxylic acids is 3. The summed E-state index contributed by atoms with van der Waals surface area (Å²) in [6, 6.07) is 0. The summed E-state index contributed by atoms with van der Waals surface area (Å²) in [5.74, 6) is -0.686. The summed E-state index contributed by atoms with van der Waals surface area (Å²) in [4.78, 5) is 35.2. The molecule has 0 unspecified atom stereocenters. The largest absolute Gasteiger partial charge is 0.465 e.